The fourth-order valence-corrected chi connectivity index (χ4v) is 3.26. The normalized spacial score (nSPS) is 12.5. The molecule has 19 heavy (non-hydrogen) atoms. The zero-order chi connectivity index (χ0) is 14.0. The van der Waals surface area contributed by atoms with Crippen LogP contribution in [0.3, 0.4) is 0 Å². The molecule has 1 unspecified atom stereocenters. The Balaban J connectivity index is 2.25. The molecule has 0 bridgehead atoms. The zero-order valence-electron chi connectivity index (χ0n) is 11.5. The quantitative estimate of drug-likeness (QED) is 0.628. The number of rotatable bonds is 3. The van der Waals surface area contributed by atoms with Gasteiger partial charge < -0.3 is 0 Å². The Labute approximate surface area is 125 Å². The number of alkyl halides is 1. The standard InChI is InChI=1S/C17H18Cl2/c1-11-8-12(2)17(13(3)9-11)16(19)10-14-4-6-15(18)7-5-14/h4-9,16H,10H2,1-3H3. The van der Waals surface area contributed by atoms with E-state index in [2.05, 4.69) is 32.9 Å². The molecule has 0 heterocycles. The van der Waals surface area contributed by atoms with Gasteiger partial charge in [-0.1, -0.05) is 41.4 Å². The van der Waals surface area contributed by atoms with Gasteiger partial charge in [0.1, 0.15) is 0 Å². The Morgan fingerprint density at radius 3 is 2.00 bits per heavy atom. The van der Waals surface area contributed by atoms with Gasteiger partial charge in [0.25, 0.3) is 0 Å². The monoisotopic (exact) mass is 292 g/mol. The average molecular weight is 293 g/mol. The molecule has 2 aromatic carbocycles. The first kappa shape index (κ1) is 14.4. The first-order valence-electron chi connectivity index (χ1n) is 6.43. The van der Waals surface area contributed by atoms with Crippen molar-refractivity contribution >= 4 is 23.2 Å². The van der Waals surface area contributed by atoms with Crippen LogP contribution in [0.5, 0.6) is 0 Å². The molecular formula is C17H18Cl2. The number of benzene rings is 2. The van der Waals surface area contributed by atoms with Gasteiger partial charge in [-0.05, 0) is 61.6 Å². The van der Waals surface area contributed by atoms with Crippen molar-refractivity contribution in [3.63, 3.8) is 0 Å². The summed E-state index contributed by atoms with van der Waals surface area (Å²) in [6.07, 6.45) is 0.823. The average Bonchev–Trinajstić information content (AvgIpc) is 2.30. The molecule has 0 aliphatic carbocycles. The van der Waals surface area contributed by atoms with Crippen molar-refractivity contribution in [2.45, 2.75) is 32.6 Å². The lowest BCUT2D eigenvalue weighted by molar-refractivity contribution is 0.898. The lowest BCUT2D eigenvalue weighted by atomic mass is 9.94. The van der Waals surface area contributed by atoms with Crippen LogP contribution in [0.15, 0.2) is 36.4 Å². The third-order valence-electron chi connectivity index (χ3n) is 3.38. The summed E-state index contributed by atoms with van der Waals surface area (Å²) in [5.74, 6) is 0. The summed E-state index contributed by atoms with van der Waals surface area (Å²) in [5.41, 5.74) is 6.29. The second kappa shape index (κ2) is 5.98. The Kier molecular flexibility index (Phi) is 4.54. The lowest BCUT2D eigenvalue weighted by Gasteiger charge is -2.17. The van der Waals surface area contributed by atoms with Crippen molar-refractivity contribution in [3.05, 3.63) is 69.2 Å². The molecule has 2 rings (SSSR count). The summed E-state index contributed by atoms with van der Waals surface area (Å²) < 4.78 is 0. The second-order valence-electron chi connectivity index (χ2n) is 5.11. The predicted octanol–water partition coefficient (Wildman–Crippen LogP) is 5.79. The number of hydrogen-bond donors (Lipinski definition) is 0. The van der Waals surface area contributed by atoms with E-state index < -0.39 is 0 Å². The highest BCUT2D eigenvalue weighted by molar-refractivity contribution is 6.30. The van der Waals surface area contributed by atoms with Gasteiger partial charge in [0, 0.05) is 5.02 Å². The van der Waals surface area contributed by atoms with Crippen LogP contribution in [0, 0.1) is 20.8 Å². The smallest absolute Gasteiger partial charge is 0.0630 e. The second-order valence-corrected chi connectivity index (χ2v) is 6.07. The van der Waals surface area contributed by atoms with Gasteiger partial charge in [-0.3, -0.25) is 0 Å². The summed E-state index contributed by atoms with van der Waals surface area (Å²) in [7, 11) is 0. The lowest BCUT2D eigenvalue weighted by Crippen LogP contribution is -2.02. The molecule has 0 amide bonds. The van der Waals surface area contributed by atoms with E-state index in [4.69, 9.17) is 23.2 Å². The molecule has 0 aliphatic rings. The van der Waals surface area contributed by atoms with Crippen molar-refractivity contribution < 1.29 is 0 Å². The van der Waals surface area contributed by atoms with Crippen molar-refractivity contribution in [1.29, 1.82) is 0 Å². The van der Waals surface area contributed by atoms with Gasteiger partial charge in [-0.25, -0.2) is 0 Å². The van der Waals surface area contributed by atoms with E-state index in [1.807, 2.05) is 24.3 Å². The van der Waals surface area contributed by atoms with Gasteiger partial charge in [0.05, 0.1) is 5.38 Å². The molecule has 100 valence electrons. The Bertz CT molecular complexity index is 547. The maximum absolute atomic E-state index is 6.61. The summed E-state index contributed by atoms with van der Waals surface area (Å²) in [4.78, 5) is 0. The van der Waals surface area contributed by atoms with Crippen LogP contribution in [0.1, 0.15) is 33.2 Å². The molecule has 0 fully saturated rings. The molecule has 0 aliphatic heterocycles. The van der Waals surface area contributed by atoms with Gasteiger partial charge >= 0.3 is 0 Å². The molecule has 0 saturated heterocycles. The van der Waals surface area contributed by atoms with Crippen molar-refractivity contribution in [1.82, 2.24) is 0 Å². The van der Waals surface area contributed by atoms with Gasteiger partial charge in [0.2, 0.25) is 0 Å². The minimum absolute atomic E-state index is 0.00164. The Hall–Kier alpha value is -0.980. The minimum atomic E-state index is 0.00164. The fraction of sp³-hybridized carbons (Fsp3) is 0.294. The van der Waals surface area contributed by atoms with Crippen molar-refractivity contribution in [2.24, 2.45) is 0 Å². The van der Waals surface area contributed by atoms with Gasteiger partial charge in [-0.15, -0.1) is 11.6 Å². The Morgan fingerprint density at radius 1 is 0.947 bits per heavy atom. The highest BCUT2D eigenvalue weighted by Gasteiger charge is 2.14. The molecule has 2 heteroatoms. The van der Waals surface area contributed by atoms with Crippen LogP contribution in [0.25, 0.3) is 0 Å². The molecule has 1 atom stereocenters. The van der Waals surface area contributed by atoms with Gasteiger partial charge in [-0.2, -0.15) is 0 Å². The summed E-state index contributed by atoms with van der Waals surface area (Å²) in [5, 5.41) is 0.763. The minimum Gasteiger partial charge on any atom is -0.117 e. The van der Waals surface area contributed by atoms with Crippen LogP contribution in [0.2, 0.25) is 5.02 Å². The van der Waals surface area contributed by atoms with E-state index in [-0.39, 0.29) is 5.38 Å². The maximum atomic E-state index is 6.61. The van der Waals surface area contributed by atoms with E-state index in [1.54, 1.807) is 0 Å². The molecule has 0 saturated carbocycles. The predicted molar refractivity (Wildman–Crippen MR) is 84.4 cm³/mol. The first-order valence-corrected chi connectivity index (χ1v) is 7.25. The molecule has 0 nitrogen and oxygen atoms in total. The van der Waals surface area contributed by atoms with Crippen molar-refractivity contribution in [2.75, 3.05) is 0 Å². The highest BCUT2D eigenvalue weighted by atomic mass is 35.5. The molecular weight excluding hydrogens is 275 g/mol. The number of halogens is 2. The van der Waals surface area contributed by atoms with Crippen LogP contribution >= 0.6 is 23.2 Å². The van der Waals surface area contributed by atoms with Gasteiger partial charge in [0.15, 0.2) is 0 Å². The molecule has 2 aromatic rings. The first-order chi connectivity index (χ1) is 8.97. The maximum Gasteiger partial charge on any atom is 0.0630 e. The third-order valence-corrected chi connectivity index (χ3v) is 4.00. The topological polar surface area (TPSA) is 0 Å². The van der Waals surface area contributed by atoms with E-state index >= 15 is 0 Å². The van der Waals surface area contributed by atoms with E-state index in [0.717, 1.165) is 11.4 Å². The summed E-state index contributed by atoms with van der Waals surface area (Å²) in [6, 6.07) is 12.3. The molecule has 0 aromatic heterocycles. The van der Waals surface area contributed by atoms with Crippen LogP contribution in [0.4, 0.5) is 0 Å². The SMILES string of the molecule is Cc1cc(C)c(C(Cl)Cc2ccc(Cl)cc2)c(C)c1. The van der Waals surface area contributed by atoms with Crippen LogP contribution in [-0.2, 0) is 6.42 Å². The van der Waals surface area contributed by atoms with Crippen LogP contribution < -0.4 is 0 Å². The molecule has 0 spiro atoms. The van der Waals surface area contributed by atoms with Crippen LogP contribution in [-0.4, -0.2) is 0 Å². The number of hydrogen-bond acceptors (Lipinski definition) is 0. The van der Waals surface area contributed by atoms with E-state index in [0.29, 0.717) is 0 Å². The highest BCUT2D eigenvalue weighted by Crippen LogP contribution is 2.31. The summed E-state index contributed by atoms with van der Waals surface area (Å²) >= 11 is 12.5. The molecule has 0 radical (unpaired) electrons. The molecule has 0 N–H and O–H groups in total. The largest absolute Gasteiger partial charge is 0.117 e. The summed E-state index contributed by atoms with van der Waals surface area (Å²) in [6.45, 7) is 6.38. The third kappa shape index (κ3) is 3.52. The zero-order valence-corrected chi connectivity index (χ0v) is 13.0. The van der Waals surface area contributed by atoms with E-state index in [1.165, 1.54) is 27.8 Å². The van der Waals surface area contributed by atoms with E-state index in [9.17, 15) is 0 Å². The number of aryl methyl sites for hydroxylation is 3. The fourth-order valence-electron chi connectivity index (χ4n) is 2.61. The Morgan fingerprint density at radius 2 is 1.47 bits per heavy atom. The van der Waals surface area contributed by atoms with Crippen molar-refractivity contribution in [3.8, 4) is 0 Å².